The molecule has 130 valence electrons. The summed E-state index contributed by atoms with van der Waals surface area (Å²) in [4.78, 5) is 7.91. The van der Waals surface area contributed by atoms with Crippen LogP contribution in [0.1, 0.15) is 32.6 Å². The highest BCUT2D eigenvalue weighted by Crippen LogP contribution is 2.36. The van der Waals surface area contributed by atoms with Crippen LogP contribution >= 0.6 is 11.3 Å². The molecule has 5 nitrogen and oxygen atoms in total. The average Bonchev–Trinajstić information content (AvgIpc) is 3.24. The van der Waals surface area contributed by atoms with E-state index in [0.717, 1.165) is 62.2 Å². The molecule has 0 bridgehead atoms. The summed E-state index contributed by atoms with van der Waals surface area (Å²) in [6, 6.07) is 4.08. The Kier molecular flexibility index (Phi) is 4.24. The molecule has 6 heteroatoms. The summed E-state index contributed by atoms with van der Waals surface area (Å²) in [5.41, 5.74) is 0.124. The zero-order valence-corrected chi connectivity index (χ0v) is 15.1. The second kappa shape index (κ2) is 6.26. The summed E-state index contributed by atoms with van der Waals surface area (Å²) in [5.74, 6) is 1.26. The molecule has 0 atom stereocenters. The van der Waals surface area contributed by atoms with Gasteiger partial charge in [-0.2, -0.15) is 0 Å². The molecule has 0 amide bonds. The van der Waals surface area contributed by atoms with Gasteiger partial charge in [0.1, 0.15) is 0 Å². The van der Waals surface area contributed by atoms with Crippen molar-refractivity contribution >= 4 is 11.3 Å². The average molecular weight is 348 g/mol. The van der Waals surface area contributed by atoms with E-state index in [4.69, 9.17) is 13.9 Å². The van der Waals surface area contributed by atoms with E-state index in [0.29, 0.717) is 0 Å². The number of oxazole rings is 1. The number of nitrogens with zero attached hydrogens (tertiary/aromatic N) is 2. The highest BCUT2D eigenvalue weighted by atomic mass is 32.1. The van der Waals surface area contributed by atoms with Gasteiger partial charge in [0, 0.05) is 31.3 Å². The van der Waals surface area contributed by atoms with Crippen LogP contribution < -0.4 is 0 Å². The minimum Gasteiger partial charge on any atom is -0.438 e. The molecule has 0 aromatic carbocycles. The molecule has 0 unspecified atom stereocenters. The molecule has 2 aromatic heterocycles. The number of ether oxygens (including phenoxy) is 2. The van der Waals surface area contributed by atoms with Crippen molar-refractivity contribution in [3.05, 3.63) is 29.6 Å². The summed E-state index contributed by atoms with van der Waals surface area (Å²) in [6.07, 6.45) is 3.63. The second-order valence-corrected chi connectivity index (χ2v) is 8.47. The summed E-state index contributed by atoms with van der Waals surface area (Å²) >= 11 is 1.67. The third kappa shape index (κ3) is 3.42. The summed E-state index contributed by atoms with van der Waals surface area (Å²) in [6.45, 7) is 8.54. The maximum absolute atomic E-state index is 6.09. The van der Waals surface area contributed by atoms with E-state index in [1.165, 1.54) is 0 Å². The quantitative estimate of drug-likeness (QED) is 0.845. The van der Waals surface area contributed by atoms with E-state index < -0.39 is 0 Å². The van der Waals surface area contributed by atoms with Crippen LogP contribution in [-0.4, -0.2) is 42.0 Å². The van der Waals surface area contributed by atoms with Gasteiger partial charge >= 0.3 is 0 Å². The van der Waals surface area contributed by atoms with Gasteiger partial charge in [-0.1, -0.05) is 19.9 Å². The molecule has 0 aliphatic carbocycles. The number of piperidine rings is 1. The predicted octanol–water partition coefficient (Wildman–Crippen LogP) is 3.77. The van der Waals surface area contributed by atoms with Crippen molar-refractivity contribution in [1.29, 1.82) is 0 Å². The Balaban J connectivity index is 1.32. The maximum atomic E-state index is 6.09. The third-order valence-corrected chi connectivity index (χ3v) is 5.63. The Hall–Kier alpha value is -1.21. The lowest BCUT2D eigenvalue weighted by molar-refractivity contribution is -0.313. The molecule has 4 heterocycles. The van der Waals surface area contributed by atoms with Crippen molar-refractivity contribution in [2.75, 3.05) is 26.3 Å². The number of thiophene rings is 1. The van der Waals surface area contributed by atoms with E-state index in [-0.39, 0.29) is 11.2 Å². The van der Waals surface area contributed by atoms with E-state index in [1.807, 2.05) is 17.6 Å². The molecule has 2 aromatic rings. The fourth-order valence-electron chi connectivity index (χ4n) is 3.18. The van der Waals surface area contributed by atoms with Crippen molar-refractivity contribution in [2.45, 2.75) is 39.0 Å². The van der Waals surface area contributed by atoms with E-state index in [2.05, 4.69) is 29.8 Å². The molecule has 2 saturated heterocycles. The van der Waals surface area contributed by atoms with Crippen molar-refractivity contribution in [3.8, 4) is 10.6 Å². The molecule has 0 saturated carbocycles. The molecule has 1 spiro atoms. The number of likely N-dealkylation sites (tertiary alicyclic amines) is 1. The lowest BCUT2D eigenvalue weighted by Crippen LogP contribution is -2.53. The van der Waals surface area contributed by atoms with E-state index in [1.54, 1.807) is 11.3 Å². The second-order valence-electron chi connectivity index (χ2n) is 7.52. The lowest BCUT2D eigenvalue weighted by atomic mass is 9.92. The zero-order chi connectivity index (χ0) is 16.6. The standard InChI is InChI=1S/C18H24N2O3S/c1-17(2)12-21-18(22-13-17)5-7-20(8-6-18)11-16-19-10-14(23-16)15-4-3-9-24-15/h3-4,9-10H,5-8,11-13H2,1-2H3. The number of hydrogen-bond donors (Lipinski definition) is 0. The molecule has 24 heavy (non-hydrogen) atoms. The predicted molar refractivity (Wildman–Crippen MR) is 92.7 cm³/mol. The first-order chi connectivity index (χ1) is 11.5. The molecular weight excluding hydrogens is 324 g/mol. The van der Waals surface area contributed by atoms with Gasteiger partial charge in [0.2, 0.25) is 5.89 Å². The van der Waals surface area contributed by atoms with Crippen LogP contribution in [0.5, 0.6) is 0 Å². The van der Waals surface area contributed by atoms with Crippen LogP contribution in [0.4, 0.5) is 0 Å². The van der Waals surface area contributed by atoms with Gasteiger partial charge in [-0.3, -0.25) is 4.90 Å². The van der Waals surface area contributed by atoms with Crippen LogP contribution in [0.2, 0.25) is 0 Å². The van der Waals surface area contributed by atoms with Crippen LogP contribution in [0, 0.1) is 5.41 Å². The van der Waals surface area contributed by atoms with E-state index in [9.17, 15) is 0 Å². The van der Waals surface area contributed by atoms with Gasteiger partial charge in [0.05, 0.1) is 30.8 Å². The van der Waals surface area contributed by atoms with Crippen molar-refractivity contribution < 1.29 is 13.9 Å². The minimum absolute atomic E-state index is 0.124. The molecule has 2 aliphatic heterocycles. The number of hydrogen-bond acceptors (Lipinski definition) is 6. The Bertz CT molecular complexity index is 660. The highest BCUT2D eigenvalue weighted by molar-refractivity contribution is 7.13. The van der Waals surface area contributed by atoms with Gasteiger partial charge in [-0.25, -0.2) is 4.98 Å². The smallest absolute Gasteiger partial charge is 0.209 e. The first-order valence-corrected chi connectivity index (χ1v) is 9.41. The highest BCUT2D eigenvalue weighted by Gasteiger charge is 2.42. The van der Waals surface area contributed by atoms with Crippen LogP contribution in [-0.2, 0) is 16.0 Å². The zero-order valence-electron chi connectivity index (χ0n) is 14.3. The molecule has 2 fully saturated rings. The Morgan fingerprint density at radius 2 is 1.96 bits per heavy atom. The monoisotopic (exact) mass is 348 g/mol. The number of aromatic nitrogens is 1. The minimum atomic E-state index is -0.370. The van der Waals surface area contributed by atoms with Gasteiger partial charge in [-0.15, -0.1) is 11.3 Å². The van der Waals surface area contributed by atoms with Gasteiger partial charge in [0.25, 0.3) is 0 Å². The van der Waals surface area contributed by atoms with Crippen molar-refractivity contribution in [3.63, 3.8) is 0 Å². The van der Waals surface area contributed by atoms with E-state index >= 15 is 0 Å². The lowest BCUT2D eigenvalue weighted by Gasteiger charge is -2.47. The molecule has 4 rings (SSSR count). The third-order valence-electron chi connectivity index (χ3n) is 4.75. The van der Waals surface area contributed by atoms with Crippen LogP contribution in [0.15, 0.2) is 28.1 Å². The first kappa shape index (κ1) is 16.3. The van der Waals surface area contributed by atoms with Crippen molar-refractivity contribution in [2.24, 2.45) is 5.41 Å². The first-order valence-electron chi connectivity index (χ1n) is 8.53. The summed E-state index contributed by atoms with van der Waals surface area (Å²) < 4.78 is 18.1. The van der Waals surface area contributed by atoms with Gasteiger partial charge in [-0.05, 0) is 11.4 Å². The topological polar surface area (TPSA) is 47.7 Å². The van der Waals surface area contributed by atoms with Gasteiger partial charge < -0.3 is 13.9 Å². The fraction of sp³-hybridized carbons (Fsp3) is 0.611. The number of rotatable bonds is 3. The maximum Gasteiger partial charge on any atom is 0.209 e. The summed E-state index contributed by atoms with van der Waals surface area (Å²) in [7, 11) is 0. The molecule has 0 radical (unpaired) electrons. The fourth-order valence-corrected chi connectivity index (χ4v) is 3.86. The largest absolute Gasteiger partial charge is 0.438 e. The van der Waals surface area contributed by atoms with Gasteiger partial charge in [0.15, 0.2) is 11.5 Å². The van der Waals surface area contributed by atoms with Crippen LogP contribution in [0.3, 0.4) is 0 Å². The molecule has 2 aliphatic rings. The Labute approximate surface area is 146 Å². The van der Waals surface area contributed by atoms with Crippen LogP contribution in [0.25, 0.3) is 10.6 Å². The molecular formula is C18H24N2O3S. The van der Waals surface area contributed by atoms with Crippen molar-refractivity contribution in [1.82, 2.24) is 9.88 Å². The Morgan fingerprint density at radius 1 is 1.21 bits per heavy atom. The Morgan fingerprint density at radius 3 is 2.62 bits per heavy atom. The summed E-state index contributed by atoms with van der Waals surface area (Å²) in [5, 5.41) is 2.05. The molecule has 0 N–H and O–H groups in total. The SMILES string of the molecule is CC1(C)COC2(CCN(Cc3ncc(-c4cccs4)o3)CC2)OC1. The normalized spacial score (nSPS) is 23.6.